The van der Waals surface area contributed by atoms with Crippen LogP contribution in [0.4, 0.5) is 0 Å². The third-order valence-electron chi connectivity index (χ3n) is 2.98. The first-order valence-electron chi connectivity index (χ1n) is 6.39. The molecular weight excluding hydrogens is 304 g/mol. The van der Waals surface area contributed by atoms with Gasteiger partial charge in [0.1, 0.15) is 0 Å². The highest BCUT2D eigenvalue weighted by Gasteiger charge is 2.25. The Labute approximate surface area is 123 Å². The van der Waals surface area contributed by atoms with Gasteiger partial charge in [0, 0.05) is 6.54 Å². The molecule has 1 heterocycles. The Kier molecular flexibility index (Phi) is 5.59. The maximum Gasteiger partial charge on any atom is 0.307 e. The molecule has 0 saturated carbocycles. The average molecular weight is 323 g/mol. The van der Waals surface area contributed by atoms with Gasteiger partial charge in [-0.25, -0.2) is 8.42 Å². The quantitative estimate of drug-likeness (QED) is 0.826. The second-order valence-electron chi connectivity index (χ2n) is 4.67. The molecule has 1 aromatic rings. The van der Waals surface area contributed by atoms with Gasteiger partial charge in [0.2, 0.25) is 0 Å². The van der Waals surface area contributed by atoms with E-state index in [-0.39, 0.29) is 5.75 Å². The zero-order chi connectivity index (χ0) is 15.5. The van der Waals surface area contributed by atoms with E-state index in [9.17, 15) is 13.2 Å². The van der Waals surface area contributed by atoms with Gasteiger partial charge in [-0.15, -0.1) is 0 Å². The van der Waals surface area contributed by atoms with Gasteiger partial charge in [-0.1, -0.05) is 25.4 Å². The molecule has 6 nitrogen and oxygen atoms in total. The van der Waals surface area contributed by atoms with Crippen molar-refractivity contribution in [1.29, 1.82) is 0 Å². The highest BCUT2D eigenvalue weighted by molar-refractivity contribution is 7.90. The fourth-order valence-corrected chi connectivity index (χ4v) is 4.02. The molecule has 0 amide bonds. The van der Waals surface area contributed by atoms with Crippen molar-refractivity contribution >= 4 is 27.4 Å². The fraction of sp³-hybridized carbons (Fsp3) is 0.667. The van der Waals surface area contributed by atoms with Crippen molar-refractivity contribution in [1.82, 2.24) is 9.78 Å². The standard InChI is InChI=1S/C12H19ClN2O4S/c1-4-9-11(13)10(15(5-2)14-9)7-20(18,19)6-8(3)12(16)17/h8H,4-7H2,1-3H3,(H,16,17). The lowest BCUT2D eigenvalue weighted by Crippen LogP contribution is -2.23. The zero-order valence-corrected chi connectivity index (χ0v) is 13.3. The number of sulfone groups is 1. The van der Waals surface area contributed by atoms with Crippen LogP contribution in [0.25, 0.3) is 0 Å². The predicted molar refractivity (Wildman–Crippen MR) is 76.6 cm³/mol. The van der Waals surface area contributed by atoms with Crippen LogP contribution in [0.1, 0.15) is 32.2 Å². The molecule has 114 valence electrons. The van der Waals surface area contributed by atoms with Crippen LogP contribution >= 0.6 is 11.6 Å². The van der Waals surface area contributed by atoms with E-state index < -0.39 is 27.5 Å². The second-order valence-corrected chi connectivity index (χ2v) is 7.16. The summed E-state index contributed by atoms with van der Waals surface area (Å²) in [4.78, 5) is 10.8. The number of aryl methyl sites for hydroxylation is 2. The Morgan fingerprint density at radius 1 is 1.45 bits per heavy atom. The van der Waals surface area contributed by atoms with Gasteiger partial charge in [-0.2, -0.15) is 5.10 Å². The first kappa shape index (κ1) is 17.0. The molecule has 0 aromatic carbocycles. The highest BCUT2D eigenvalue weighted by atomic mass is 35.5. The third-order valence-corrected chi connectivity index (χ3v) is 5.13. The molecular formula is C12H19ClN2O4S. The molecule has 8 heteroatoms. The molecule has 1 rings (SSSR count). The number of carbonyl (C=O) groups is 1. The molecule has 1 atom stereocenters. The Hall–Kier alpha value is -1.08. The monoisotopic (exact) mass is 322 g/mol. The summed E-state index contributed by atoms with van der Waals surface area (Å²) in [6.07, 6.45) is 0.615. The summed E-state index contributed by atoms with van der Waals surface area (Å²) in [5.41, 5.74) is 1.09. The molecule has 0 aliphatic heterocycles. The number of carboxylic acid groups (broad SMARTS) is 1. The third kappa shape index (κ3) is 3.96. The fourth-order valence-electron chi connectivity index (χ4n) is 1.87. The molecule has 1 N–H and O–H groups in total. The molecule has 0 bridgehead atoms. The smallest absolute Gasteiger partial charge is 0.307 e. The van der Waals surface area contributed by atoms with Crippen molar-refractivity contribution < 1.29 is 18.3 Å². The van der Waals surface area contributed by atoms with Gasteiger partial charge in [-0.05, 0) is 13.3 Å². The van der Waals surface area contributed by atoms with Gasteiger partial charge in [0.25, 0.3) is 0 Å². The highest BCUT2D eigenvalue weighted by Crippen LogP contribution is 2.24. The van der Waals surface area contributed by atoms with E-state index in [2.05, 4.69) is 5.10 Å². The Morgan fingerprint density at radius 3 is 2.50 bits per heavy atom. The van der Waals surface area contributed by atoms with Crippen LogP contribution in [0.2, 0.25) is 5.02 Å². The minimum absolute atomic E-state index is 0.287. The molecule has 20 heavy (non-hydrogen) atoms. The van der Waals surface area contributed by atoms with Crippen LogP contribution in [0, 0.1) is 5.92 Å². The lowest BCUT2D eigenvalue weighted by atomic mass is 10.2. The van der Waals surface area contributed by atoms with Gasteiger partial charge in [0.15, 0.2) is 9.84 Å². The van der Waals surface area contributed by atoms with Crippen LogP contribution in [0.5, 0.6) is 0 Å². The van der Waals surface area contributed by atoms with E-state index in [0.29, 0.717) is 29.4 Å². The van der Waals surface area contributed by atoms with E-state index in [1.165, 1.54) is 6.92 Å². The average Bonchev–Trinajstić information content (AvgIpc) is 2.65. The van der Waals surface area contributed by atoms with Crippen molar-refractivity contribution in [2.24, 2.45) is 5.92 Å². The predicted octanol–water partition coefficient (Wildman–Crippen LogP) is 1.75. The number of nitrogens with zero attached hydrogens (tertiary/aromatic N) is 2. The number of aliphatic carboxylic acids is 1. The number of rotatable bonds is 7. The molecule has 0 fully saturated rings. The summed E-state index contributed by atoms with van der Waals surface area (Å²) in [6, 6.07) is 0. The van der Waals surface area contributed by atoms with Crippen molar-refractivity contribution in [3.05, 3.63) is 16.4 Å². The summed E-state index contributed by atoms with van der Waals surface area (Å²) in [7, 11) is -3.55. The lowest BCUT2D eigenvalue weighted by Gasteiger charge is -2.09. The first-order valence-corrected chi connectivity index (χ1v) is 8.59. The van der Waals surface area contributed by atoms with Gasteiger partial charge in [-0.3, -0.25) is 9.48 Å². The summed E-state index contributed by atoms with van der Waals surface area (Å²) in [5.74, 6) is -2.76. The molecule has 1 aromatic heterocycles. The summed E-state index contributed by atoms with van der Waals surface area (Å²) < 4.78 is 25.7. The van der Waals surface area contributed by atoms with Crippen LogP contribution < -0.4 is 0 Å². The molecule has 0 saturated heterocycles. The largest absolute Gasteiger partial charge is 0.481 e. The summed E-state index contributed by atoms with van der Waals surface area (Å²) in [6.45, 7) is 5.62. The Balaban J connectivity index is 3.03. The minimum atomic E-state index is -3.55. The minimum Gasteiger partial charge on any atom is -0.481 e. The van der Waals surface area contributed by atoms with Crippen molar-refractivity contribution in [2.45, 2.75) is 39.5 Å². The van der Waals surface area contributed by atoms with Crippen molar-refractivity contribution in [2.75, 3.05) is 5.75 Å². The van der Waals surface area contributed by atoms with Crippen LogP contribution in [-0.2, 0) is 33.4 Å². The first-order chi connectivity index (χ1) is 9.21. The Bertz CT molecular complexity index is 595. The van der Waals surface area contributed by atoms with Gasteiger partial charge in [0.05, 0.1) is 33.8 Å². The number of aromatic nitrogens is 2. The maximum atomic E-state index is 12.1. The van der Waals surface area contributed by atoms with E-state index in [4.69, 9.17) is 16.7 Å². The van der Waals surface area contributed by atoms with E-state index in [1.807, 2.05) is 13.8 Å². The number of halogens is 1. The van der Waals surface area contributed by atoms with Crippen LogP contribution in [-0.4, -0.2) is 35.0 Å². The molecule has 0 aliphatic rings. The van der Waals surface area contributed by atoms with Crippen molar-refractivity contribution in [3.8, 4) is 0 Å². The normalized spacial score (nSPS) is 13.4. The number of carboxylic acids is 1. The lowest BCUT2D eigenvalue weighted by molar-refractivity contribution is -0.140. The van der Waals surface area contributed by atoms with E-state index >= 15 is 0 Å². The SMILES string of the molecule is CCc1nn(CC)c(CS(=O)(=O)CC(C)C(=O)O)c1Cl. The molecule has 0 aliphatic carbocycles. The number of hydrogen-bond donors (Lipinski definition) is 1. The number of hydrogen-bond acceptors (Lipinski definition) is 4. The Morgan fingerprint density at radius 2 is 2.05 bits per heavy atom. The van der Waals surface area contributed by atoms with Gasteiger partial charge < -0.3 is 5.11 Å². The van der Waals surface area contributed by atoms with E-state index in [1.54, 1.807) is 4.68 Å². The maximum absolute atomic E-state index is 12.1. The van der Waals surface area contributed by atoms with Gasteiger partial charge >= 0.3 is 5.97 Å². The van der Waals surface area contributed by atoms with Crippen molar-refractivity contribution in [3.63, 3.8) is 0 Å². The molecule has 0 spiro atoms. The second kappa shape index (κ2) is 6.58. The summed E-state index contributed by atoms with van der Waals surface area (Å²) >= 11 is 6.15. The topological polar surface area (TPSA) is 89.3 Å². The summed E-state index contributed by atoms with van der Waals surface area (Å²) in [5, 5.41) is 13.4. The van der Waals surface area contributed by atoms with Crippen LogP contribution in [0.15, 0.2) is 0 Å². The molecule has 0 radical (unpaired) electrons. The zero-order valence-electron chi connectivity index (χ0n) is 11.8. The molecule has 1 unspecified atom stereocenters. The van der Waals surface area contributed by atoms with E-state index in [0.717, 1.165) is 0 Å². The van der Waals surface area contributed by atoms with Crippen LogP contribution in [0.3, 0.4) is 0 Å².